The van der Waals surface area contributed by atoms with Crippen molar-refractivity contribution < 1.29 is 39.5 Å². The van der Waals surface area contributed by atoms with Gasteiger partial charge >= 0.3 is 12.4 Å². The smallest absolute Gasteiger partial charge is 0.416 e. The Kier molecular flexibility index (Phi) is 7.61. The van der Waals surface area contributed by atoms with Crippen molar-refractivity contribution in [2.75, 3.05) is 10.8 Å². The van der Waals surface area contributed by atoms with E-state index in [2.05, 4.69) is 0 Å². The minimum Gasteiger partial charge on any atom is -0.489 e. The van der Waals surface area contributed by atoms with Crippen molar-refractivity contribution in [2.45, 2.75) is 30.8 Å². The van der Waals surface area contributed by atoms with E-state index in [0.29, 0.717) is 6.07 Å². The number of hydrogen-bond donors (Lipinski definition) is 0. The van der Waals surface area contributed by atoms with E-state index in [-0.39, 0.29) is 35.2 Å². The second-order valence-corrected chi connectivity index (χ2v) is 9.55. The zero-order chi connectivity index (χ0) is 26.0. The van der Waals surface area contributed by atoms with Gasteiger partial charge in [0.15, 0.2) is 0 Å². The van der Waals surface area contributed by atoms with Crippen molar-refractivity contribution in [3.05, 3.63) is 88.4 Å². The van der Waals surface area contributed by atoms with Gasteiger partial charge in [-0.05, 0) is 55.5 Å². The van der Waals surface area contributed by atoms with E-state index < -0.39 is 38.4 Å². The van der Waals surface area contributed by atoms with E-state index in [4.69, 9.17) is 16.3 Å². The molecule has 188 valence electrons. The summed E-state index contributed by atoms with van der Waals surface area (Å²) < 4.78 is 111. The molecule has 12 heteroatoms. The zero-order valence-corrected chi connectivity index (χ0v) is 19.6. The highest BCUT2D eigenvalue weighted by Gasteiger charge is 2.33. The van der Waals surface area contributed by atoms with Gasteiger partial charge in [0.25, 0.3) is 10.0 Å². The van der Waals surface area contributed by atoms with Crippen LogP contribution in [-0.4, -0.2) is 15.0 Å². The van der Waals surface area contributed by atoms with Crippen LogP contribution in [-0.2, 0) is 29.0 Å². The minimum atomic E-state index is -4.72. The minimum absolute atomic E-state index is 0.0523. The predicted molar refractivity (Wildman–Crippen MR) is 119 cm³/mol. The van der Waals surface area contributed by atoms with Gasteiger partial charge in [0, 0.05) is 23.2 Å². The average Bonchev–Trinajstić information content (AvgIpc) is 2.78. The summed E-state index contributed by atoms with van der Waals surface area (Å²) in [4.78, 5) is -0.545. The Labute approximate surface area is 202 Å². The normalized spacial score (nSPS) is 12.5. The number of rotatable bonds is 7. The molecule has 0 bridgehead atoms. The molecule has 0 saturated heterocycles. The standard InChI is InChI=1S/C23H18ClF6NO3S/c1-2-31(35(32,33)20-8-3-5-16(12-20)22(25,26)27)18-6-4-7-19(13-18)34-14-15-11-17(23(28,29)30)9-10-21(15)24/h3-13H,2,14H2,1H3. The average molecular weight is 538 g/mol. The highest BCUT2D eigenvalue weighted by Crippen LogP contribution is 2.34. The Morgan fingerprint density at radius 3 is 2.11 bits per heavy atom. The SMILES string of the molecule is CCN(c1cccc(OCc2cc(C(F)(F)F)ccc2Cl)c1)S(=O)(=O)c1cccc(C(F)(F)F)c1. The molecule has 0 fully saturated rings. The third-order valence-corrected chi connectivity index (χ3v) is 7.18. The summed E-state index contributed by atoms with van der Waals surface area (Å²) in [6.45, 7) is 1.06. The summed E-state index contributed by atoms with van der Waals surface area (Å²) in [5.41, 5.74) is -1.85. The van der Waals surface area contributed by atoms with Gasteiger partial charge in [-0.25, -0.2) is 8.42 Å². The van der Waals surface area contributed by atoms with Crippen molar-refractivity contribution in [2.24, 2.45) is 0 Å². The third kappa shape index (κ3) is 6.21. The molecule has 0 amide bonds. The van der Waals surface area contributed by atoms with Gasteiger partial charge in [-0.1, -0.05) is 23.7 Å². The van der Waals surface area contributed by atoms with Crippen LogP contribution in [0.2, 0.25) is 5.02 Å². The van der Waals surface area contributed by atoms with Crippen LogP contribution in [0.5, 0.6) is 5.75 Å². The molecule has 0 unspecified atom stereocenters. The van der Waals surface area contributed by atoms with Gasteiger partial charge in [0.2, 0.25) is 0 Å². The van der Waals surface area contributed by atoms with Crippen LogP contribution in [0.1, 0.15) is 23.6 Å². The maximum absolute atomic E-state index is 13.1. The van der Waals surface area contributed by atoms with Crippen LogP contribution in [0.15, 0.2) is 71.6 Å². The Balaban J connectivity index is 1.87. The van der Waals surface area contributed by atoms with Crippen molar-refractivity contribution in [1.82, 2.24) is 0 Å². The van der Waals surface area contributed by atoms with E-state index in [1.54, 1.807) is 0 Å². The molecular formula is C23H18ClF6NO3S. The van der Waals surface area contributed by atoms with Crippen LogP contribution in [0.4, 0.5) is 32.0 Å². The molecule has 35 heavy (non-hydrogen) atoms. The maximum Gasteiger partial charge on any atom is 0.416 e. The number of sulfonamides is 1. The fourth-order valence-electron chi connectivity index (χ4n) is 3.20. The van der Waals surface area contributed by atoms with Crippen molar-refractivity contribution in [3.63, 3.8) is 0 Å². The molecule has 4 nitrogen and oxygen atoms in total. The summed E-state index contributed by atoms with van der Waals surface area (Å²) in [6.07, 6.45) is -9.29. The Hall–Kier alpha value is -2.92. The van der Waals surface area contributed by atoms with E-state index in [1.807, 2.05) is 0 Å². The molecule has 0 aliphatic rings. The quantitative estimate of drug-likeness (QED) is 0.300. The number of ether oxygens (including phenoxy) is 1. The van der Waals surface area contributed by atoms with Gasteiger partial charge in [-0.2, -0.15) is 26.3 Å². The number of anilines is 1. The molecule has 0 aliphatic heterocycles. The first-order valence-corrected chi connectivity index (χ1v) is 11.8. The van der Waals surface area contributed by atoms with Crippen molar-refractivity contribution in [3.8, 4) is 5.75 Å². The molecule has 3 aromatic carbocycles. The lowest BCUT2D eigenvalue weighted by Gasteiger charge is -2.24. The fourth-order valence-corrected chi connectivity index (χ4v) is 4.89. The number of nitrogens with zero attached hydrogens (tertiary/aromatic N) is 1. The van der Waals surface area contributed by atoms with Gasteiger partial charge in [-0.15, -0.1) is 0 Å². The van der Waals surface area contributed by atoms with E-state index >= 15 is 0 Å². The molecule has 3 aromatic rings. The fraction of sp³-hybridized carbons (Fsp3) is 0.217. The molecular weight excluding hydrogens is 520 g/mol. The molecule has 0 heterocycles. The monoisotopic (exact) mass is 537 g/mol. The van der Waals surface area contributed by atoms with Crippen molar-refractivity contribution >= 4 is 27.3 Å². The van der Waals surface area contributed by atoms with Crippen LogP contribution < -0.4 is 9.04 Å². The largest absolute Gasteiger partial charge is 0.489 e. The molecule has 0 spiro atoms. The van der Waals surface area contributed by atoms with Gasteiger partial charge in [-0.3, -0.25) is 4.31 Å². The highest BCUT2D eigenvalue weighted by atomic mass is 35.5. The number of hydrogen-bond acceptors (Lipinski definition) is 3. The van der Waals surface area contributed by atoms with Crippen LogP contribution >= 0.6 is 11.6 Å². The summed E-state index contributed by atoms with van der Waals surface area (Å²) in [5.74, 6) is 0.119. The first-order valence-electron chi connectivity index (χ1n) is 10.0. The van der Waals surface area contributed by atoms with E-state index in [9.17, 15) is 34.8 Å². The van der Waals surface area contributed by atoms with Gasteiger partial charge < -0.3 is 4.74 Å². The molecule has 0 aliphatic carbocycles. The van der Waals surface area contributed by atoms with Crippen molar-refractivity contribution in [1.29, 1.82) is 0 Å². The maximum atomic E-state index is 13.1. The summed E-state index contributed by atoms with van der Waals surface area (Å²) in [6, 6.07) is 11.8. The van der Waals surface area contributed by atoms with Crippen LogP contribution in [0, 0.1) is 0 Å². The lowest BCUT2D eigenvalue weighted by Crippen LogP contribution is -2.31. The lowest BCUT2D eigenvalue weighted by atomic mass is 10.1. The molecule has 0 saturated carbocycles. The lowest BCUT2D eigenvalue weighted by molar-refractivity contribution is -0.138. The summed E-state index contributed by atoms with van der Waals surface area (Å²) >= 11 is 5.97. The number of benzene rings is 3. The second-order valence-electron chi connectivity index (χ2n) is 7.29. The number of halogens is 7. The number of alkyl halides is 6. The Morgan fingerprint density at radius 2 is 1.49 bits per heavy atom. The summed E-state index contributed by atoms with van der Waals surface area (Å²) in [5, 5.41) is 0.0523. The summed E-state index contributed by atoms with van der Waals surface area (Å²) in [7, 11) is -4.37. The topological polar surface area (TPSA) is 46.6 Å². The van der Waals surface area contributed by atoms with Crippen LogP contribution in [0.3, 0.4) is 0 Å². The van der Waals surface area contributed by atoms with Gasteiger partial charge in [0.05, 0.1) is 21.7 Å². The Bertz CT molecular complexity index is 1310. The van der Waals surface area contributed by atoms with E-state index in [0.717, 1.165) is 40.7 Å². The zero-order valence-electron chi connectivity index (χ0n) is 18.0. The first kappa shape index (κ1) is 26.7. The molecule has 0 radical (unpaired) electrons. The molecule has 0 aromatic heterocycles. The Morgan fingerprint density at radius 1 is 0.857 bits per heavy atom. The third-order valence-electron chi connectivity index (χ3n) is 4.91. The highest BCUT2D eigenvalue weighted by molar-refractivity contribution is 7.92. The predicted octanol–water partition coefficient (Wildman–Crippen LogP) is 7.17. The van der Waals surface area contributed by atoms with Crippen LogP contribution in [0.25, 0.3) is 0 Å². The molecule has 0 atom stereocenters. The molecule has 3 rings (SSSR count). The van der Waals surface area contributed by atoms with E-state index in [1.165, 1.54) is 31.2 Å². The second kappa shape index (κ2) is 9.98. The molecule has 0 N–H and O–H groups in total. The van der Waals surface area contributed by atoms with Gasteiger partial charge in [0.1, 0.15) is 12.4 Å². The first-order chi connectivity index (χ1) is 16.2.